The molecule has 0 N–H and O–H groups in total. The maximum absolute atomic E-state index is 13.0. The molecule has 2 heterocycles. The third-order valence-corrected chi connectivity index (χ3v) is 5.26. The fourth-order valence-corrected chi connectivity index (χ4v) is 3.76. The molecule has 0 radical (unpaired) electrons. The molecule has 1 saturated heterocycles. The maximum atomic E-state index is 13.0. The second-order valence-electron chi connectivity index (χ2n) is 6.60. The van der Waals surface area contributed by atoms with Crippen molar-refractivity contribution >= 4 is 29.1 Å². The van der Waals surface area contributed by atoms with Crippen molar-refractivity contribution in [3.63, 3.8) is 0 Å². The summed E-state index contributed by atoms with van der Waals surface area (Å²) in [6.07, 6.45) is 1.64. The Morgan fingerprint density at radius 1 is 1.19 bits per heavy atom. The number of hydrogen-bond donors (Lipinski definition) is 0. The minimum Gasteiger partial charge on any atom is -0.337 e. The zero-order valence-electron chi connectivity index (χ0n) is 14.7. The smallest absolute Gasteiger partial charge is 0.256 e. The number of halogens is 2. The molecule has 1 amide bonds. The number of aryl methyl sites for hydroxylation is 1. The number of carbonyl (C=O) groups is 1. The molecule has 1 atom stereocenters. The molecule has 138 valence electrons. The number of aromatic nitrogens is 2. The van der Waals surface area contributed by atoms with Crippen molar-refractivity contribution in [2.75, 3.05) is 6.54 Å². The fraction of sp³-hybridized carbons (Fsp3) is 0.250. The monoisotopic (exact) mass is 401 g/mol. The van der Waals surface area contributed by atoms with E-state index in [2.05, 4.69) is 10.1 Å². The molecule has 27 heavy (non-hydrogen) atoms. The molecule has 0 saturated carbocycles. The lowest BCUT2D eigenvalue weighted by Gasteiger charge is -2.22. The van der Waals surface area contributed by atoms with E-state index in [0.717, 1.165) is 24.0 Å². The van der Waals surface area contributed by atoms with E-state index in [1.54, 1.807) is 23.1 Å². The van der Waals surface area contributed by atoms with E-state index in [0.29, 0.717) is 33.9 Å². The third-order valence-electron chi connectivity index (χ3n) is 4.71. The zero-order valence-corrected chi connectivity index (χ0v) is 16.2. The highest BCUT2D eigenvalue weighted by molar-refractivity contribution is 6.36. The van der Waals surface area contributed by atoms with E-state index in [1.165, 1.54) is 0 Å². The number of amides is 1. The van der Waals surface area contributed by atoms with Crippen molar-refractivity contribution in [1.29, 1.82) is 0 Å². The minimum atomic E-state index is -0.254. The lowest BCUT2D eigenvalue weighted by Crippen LogP contribution is -2.31. The van der Waals surface area contributed by atoms with Gasteiger partial charge in [-0.3, -0.25) is 4.79 Å². The van der Waals surface area contributed by atoms with Crippen LogP contribution < -0.4 is 0 Å². The van der Waals surface area contributed by atoms with Crippen molar-refractivity contribution < 1.29 is 9.32 Å². The lowest BCUT2D eigenvalue weighted by molar-refractivity contribution is 0.0710. The highest BCUT2D eigenvalue weighted by atomic mass is 35.5. The Bertz CT molecular complexity index is 985. The molecule has 3 aromatic rings. The zero-order chi connectivity index (χ0) is 19.0. The van der Waals surface area contributed by atoms with Gasteiger partial charge in [-0.15, -0.1) is 0 Å². The van der Waals surface area contributed by atoms with Gasteiger partial charge in [-0.25, -0.2) is 0 Å². The van der Waals surface area contributed by atoms with E-state index in [9.17, 15) is 4.79 Å². The number of carbonyl (C=O) groups excluding carboxylic acids is 1. The van der Waals surface area contributed by atoms with Crippen LogP contribution in [-0.4, -0.2) is 27.5 Å². The first-order valence-corrected chi connectivity index (χ1v) is 9.45. The average molecular weight is 402 g/mol. The van der Waals surface area contributed by atoms with Crippen LogP contribution in [0.25, 0.3) is 11.4 Å². The van der Waals surface area contributed by atoms with E-state index in [1.807, 2.05) is 31.2 Å². The second kappa shape index (κ2) is 7.33. The van der Waals surface area contributed by atoms with E-state index in [4.69, 9.17) is 27.7 Å². The van der Waals surface area contributed by atoms with Crippen molar-refractivity contribution in [1.82, 2.24) is 15.0 Å². The first-order valence-electron chi connectivity index (χ1n) is 8.69. The summed E-state index contributed by atoms with van der Waals surface area (Å²) in [6.45, 7) is 2.64. The van der Waals surface area contributed by atoms with Gasteiger partial charge < -0.3 is 9.42 Å². The third kappa shape index (κ3) is 3.57. The molecular weight excluding hydrogens is 385 g/mol. The summed E-state index contributed by atoms with van der Waals surface area (Å²) in [5, 5.41) is 4.92. The maximum Gasteiger partial charge on any atom is 0.256 e. The highest BCUT2D eigenvalue weighted by Crippen LogP contribution is 2.34. The van der Waals surface area contributed by atoms with Gasteiger partial charge in [0.15, 0.2) is 0 Å². The van der Waals surface area contributed by atoms with Gasteiger partial charge in [0.25, 0.3) is 5.91 Å². The van der Waals surface area contributed by atoms with E-state index in [-0.39, 0.29) is 11.9 Å². The van der Waals surface area contributed by atoms with Crippen molar-refractivity contribution in [3.8, 4) is 11.4 Å². The molecule has 5 nitrogen and oxygen atoms in total. The number of hydrogen-bond acceptors (Lipinski definition) is 4. The molecule has 0 spiro atoms. The first-order chi connectivity index (χ1) is 13.0. The molecule has 1 aliphatic heterocycles. The Labute approximate surface area is 166 Å². The average Bonchev–Trinajstić information content (AvgIpc) is 3.31. The van der Waals surface area contributed by atoms with E-state index < -0.39 is 0 Å². The van der Waals surface area contributed by atoms with Gasteiger partial charge >= 0.3 is 0 Å². The summed E-state index contributed by atoms with van der Waals surface area (Å²) in [4.78, 5) is 19.3. The summed E-state index contributed by atoms with van der Waals surface area (Å²) >= 11 is 12.1. The van der Waals surface area contributed by atoms with Gasteiger partial charge in [0, 0.05) is 17.1 Å². The number of rotatable bonds is 3. The van der Waals surface area contributed by atoms with Crippen LogP contribution in [0.1, 0.15) is 40.7 Å². The lowest BCUT2D eigenvalue weighted by atomic mass is 10.1. The van der Waals surface area contributed by atoms with E-state index >= 15 is 0 Å². The summed E-state index contributed by atoms with van der Waals surface area (Å²) in [5.74, 6) is 0.810. The van der Waals surface area contributed by atoms with Crippen LogP contribution >= 0.6 is 23.2 Å². The Morgan fingerprint density at radius 3 is 2.70 bits per heavy atom. The Hall–Kier alpha value is -2.37. The van der Waals surface area contributed by atoms with Gasteiger partial charge in [-0.2, -0.15) is 4.98 Å². The number of likely N-dealkylation sites (tertiary alicyclic amines) is 1. The van der Waals surface area contributed by atoms with Gasteiger partial charge in [0.2, 0.25) is 11.7 Å². The van der Waals surface area contributed by atoms with Crippen LogP contribution in [0.5, 0.6) is 0 Å². The molecule has 7 heteroatoms. The van der Waals surface area contributed by atoms with Crippen LogP contribution in [0.2, 0.25) is 10.0 Å². The second-order valence-corrected chi connectivity index (χ2v) is 7.45. The summed E-state index contributed by atoms with van der Waals surface area (Å²) in [6, 6.07) is 12.5. The molecule has 1 fully saturated rings. The van der Waals surface area contributed by atoms with Crippen LogP contribution in [0, 0.1) is 6.92 Å². The molecule has 1 aliphatic rings. The molecule has 1 aromatic heterocycles. The Kier molecular flexibility index (Phi) is 4.89. The summed E-state index contributed by atoms with van der Waals surface area (Å²) in [5.41, 5.74) is 2.47. The van der Waals surface area contributed by atoms with Crippen LogP contribution in [0.15, 0.2) is 47.0 Å². The summed E-state index contributed by atoms with van der Waals surface area (Å²) < 4.78 is 5.49. The van der Waals surface area contributed by atoms with Crippen molar-refractivity contribution in [3.05, 3.63) is 69.5 Å². The standard InChI is InChI=1S/C20H17Cl2N3O2/c1-12-4-6-13(7-5-12)18-23-19(27-24-18)17-3-2-10-25(17)20(26)15-9-8-14(21)11-16(15)22/h4-9,11,17H,2-3,10H2,1H3/t17-/m1/s1. The number of benzene rings is 2. The Morgan fingerprint density at radius 2 is 1.96 bits per heavy atom. The first kappa shape index (κ1) is 18.0. The largest absolute Gasteiger partial charge is 0.337 e. The predicted molar refractivity (Wildman–Crippen MR) is 104 cm³/mol. The topological polar surface area (TPSA) is 59.2 Å². The van der Waals surface area contributed by atoms with Crippen LogP contribution in [0.4, 0.5) is 0 Å². The van der Waals surface area contributed by atoms with Gasteiger partial charge in [-0.05, 0) is 38.0 Å². The van der Waals surface area contributed by atoms with Crippen molar-refractivity contribution in [2.24, 2.45) is 0 Å². The van der Waals surface area contributed by atoms with Gasteiger partial charge in [0.05, 0.1) is 10.6 Å². The van der Waals surface area contributed by atoms with Gasteiger partial charge in [-0.1, -0.05) is 58.2 Å². The molecule has 0 unspecified atom stereocenters. The van der Waals surface area contributed by atoms with Crippen LogP contribution in [-0.2, 0) is 0 Å². The van der Waals surface area contributed by atoms with Gasteiger partial charge in [0.1, 0.15) is 6.04 Å². The normalized spacial score (nSPS) is 16.7. The summed E-state index contributed by atoms with van der Waals surface area (Å²) in [7, 11) is 0. The quantitative estimate of drug-likeness (QED) is 0.594. The minimum absolute atomic E-state index is 0.158. The Balaban J connectivity index is 1.60. The molecule has 4 rings (SSSR count). The molecule has 0 aliphatic carbocycles. The highest BCUT2D eigenvalue weighted by Gasteiger charge is 2.35. The number of nitrogens with zero attached hydrogens (tertiary/aromatic N) is 3. The van der Waals surface area contributed by atoms with Crippen molar-refractivity contribution in [2.45, 2.75) is 25.8 Å². The molecule has 2 aromatic carbocycles. The SMILES string of the molecule is Cc1ccc(-c2noc([C@H]3CCCN3C(=O)c3ccc(Cl)cc3Cl)n2)cc1. The molecule has 0 bridgehead atoms. The molecular formula is C20H17Cl2N3O2. The fourth-order valence-electron chi connectivity index (χ4n) is 3.27. The van der Waals surface area contributed by atoms with Crippen LogP contribution in [0.3, 0.4) is 0 Å². The predicted octanol–water partition coefficient (Wildman–Crippen LogP) is 5.33.